The Kier molecular flexibility index (Phi) is 6.27. The molecule has 2 heterocycles. The first-order chi connectivity index (χ1) is 14.4. The van der Waals surface area contributed by atoms with Gasteiger partial charge in [0, 0.05) is 44.2 Å². The topological polar surface area (TPSA) is 69.7 Å². The number of halogens is 2. The van der Waals surface area contributed by atoms with Crippen LogP contribution in [-0.4, -0.2) is 60.2 Å². The second kappa shape index (κ2) is 8.92. The van der Waals surface area contributed by atoms with Crippen LogP contribution in [0.5, 0.6) is 0 Å². The third kappa shape index (κ3) is 4.94. The average Bonchev–Trinajstić information content (AvgIpc) is 3.50. The fraction of sp³-hybridized carbons (Fsp3) is 0.591. The molecule has 0 spiro atoms. The molecular formula is C22H27ClFN3O3. The summed E-state index contributed by atoms with van der Waals surface area (Å²) in [5.74, 6) is -0.268. The standard InChI is InChI=1S/C22H27ClFN3O3/c23-17-3-4-19(24)18(10-17)22(30)26-7-5-15(6-8-26)12-27-13-16(9-20(27)28)21(29)25-11-14-1-2-14/h3-4,10,14-16H,1-2,5-9,11-13H2,(H,25,29). The van der Waals surface area contributed by atoms with Gasteiger partial charge >= 0.3 is 0 Å². The fourth-order valence-corrected chi connectivity index (χ4v) is 4.47. The van der Waals surface area contributed by atoms with E-state index in [4.69, 9.17) is 11.6 Å². The van der Waals surface area contributed by atoms with Crippen LogP contribution < -0.4 is 5.32 Å². The van der Waals surface area contributed by atoms with E-state index in [1.807, 2.05) is 0 Å². The molecule has 2 aliphatic heterocycles. The van der Waals surface area contributed by atoms with Crippen LogP contribution in [0.2, 0.25) is 5.02 Å². The number of nitrogens with one attached hydrogen (secondary N) is 1. The molecule has 162 valence electrons. The lowest BCUT2D eigenvalue weighted by Gasteiger charge is -2.34. The second-order valence-electron chi connectivity index (χ2n) is 8.75. The Balaban J connectivity index is 1.25. The maximum atomic E-state index is 14.0. The smallest absolute Gasteiger partial charge is 0.256 e. The molecule has 4 rings (SSSR count). The Labute approximate surface area is 180 Å². The normalized spacial score (nSPS) is 22.5. The average molecular weight is 436 g/mol. The van der Waals surface area contributed by atoms with E-state index >= 15 is 0 Å². The molecule has 0 radical (unpaired) electrons. The van der Waals surface area contributed by atoms with E-state index in [2.05, 4.69) is 5.32 Å². The minimum atomic E-state index is -0.569. The van der Waals surface area contributed by atoms with Crippen LogP contribution in [0, 0.1) is 23.6 Å². The van der Waals surface area contributed by atoms with Gasteiger partial charge in [0.2, 0.25) is 11.8 Å². The van der Waals surface area contributed by atoms with Crippen LogP contribution in [0.25, 0.3) is 0 Å². The molecule has 0 aromatic heterocycles. The molecule has 3 fully saturated rings. The Morgan fingerprint density at radius 1 is 1.13 bits per heavy atom. The zero-order chi connectivity index (χ0) is 21.3. The highest BCUT2D eigenvalue weighted by Gasteiger charge is 2.36. The minimum absolute atomic E-state index is 0.00396. The first kappa shape index (κ1) is 21.1. The quantitative estimate of drug-likeness (QED) is 0.746. The molecule has 8 heteroatoms. The van der Waals surface area contributed by atoms with E-state index in [0.29, 0.717) is 37.1 Å². The van der Waals surface area contributed by atoms with Crippen LogP contribution in [0.3, 0.4) is 0 Å². The zero-order valence-corrected chi connectivity index (χ0v) is 17.7. The third-order valence-electron chi connectivity index (χ3n) is 6.39. The molecule has 1 aliphatic carbocycles. The largest absolute Gasteiger partial charge is 0.356 e. The summed E-state index contributed by atoms with van der Waals surface area (Å²) in [5, 5.41) is 3.30. The van der Waals surface area contributed by atoms with Gasteiger partial charge in [-0.05, 0) is 55.7 Å². The number of rotatable bonds is 6. The van der Waals surface area contributed by atoms with Crippen molar-refractivity contribution in [3.8, 4) is 0 Å². The Morgan fingerprint density at radius 3 is 2.57 bits per heavy atom. The highest BCUT2D eigenvalue weighted by Crippen LogP contribution is 2.28. The van der Waals surface area contributed by atoms with Gasteiger partial charge in [-0.2, -0.15) is 0 Å². The summed E-state index contributed by atoms with van der Waals surface area (Å²) < 4.78 is 14.0. The Hall–Kier alpha value is -2.15. The van der Waals surface area contributed by atoms with E-state index in [1.54, 1.807) is 9.80 Å². The third-order valence-corrected chi connectivity index (χ3v) is 6.62. The van der Waals surface area contributed by atoms with Crippen molar-refractivity contribution in [2.24, 2.45) is 17.8 Å². The van der Waals surface area contributed by atoms with Crippen molar-refractivity contribution in [1.82, 2.24) is 15.1 Å². The summed E-state index contributed by atoms with van der Waals surface area (Å²) in [5.41, 5.74) is -0.00396. The number of carbonyl (C=O) groups is 3. The van der Waals surface area contributed by atoms with Crippen LogP contribution in [-0.2, 0) is 9.59 Å². The summed E-state index contributed by atoms with van der Waals surface area (Å²) in [6, 6.07) is 3.99. The van der Waals surface area contributed by atoms with Gasteiger partial charge in [-0.15, -0.1) is 0 Å². The molecule has 1 atom stereocenters. The molecule has 1 aromatic rings. The van der Waals surface area contributed by atoms with Gasteiger partial charge in [-0.3, -0.25) is 14.4 Å². The summed E-state index contributed by atoms with van der Waals surface area (Å²) in [6.07, 6.45) is 4.14. The SMILES string of the molecule is O=C(NCC1CC1)C1CC(=O)N(CC2CCN(C(=O)c3cc(Cl)ccc3F)CC2)C1. The van der Waals surface area contributed by atoms with Gasteiger partial charge in [-0.1, -0.05) is 11.6 Å². The summed E-state index contributed by atoms with van der Waals surface area (Å²) in [4.78, 5) is 40.7. The summed E-state index contributed by atoms with van der Waals surface area (Å²) in [6.45, 7) is 2.84. The van der Waals surface area contributed by atoms with Gasteiger partial charge in [0.05, 0.1) is 11.5 Å². The molecule has 0 bridgehead atoms. The van der Waals surface area contributed by atoms with Crippen molar-refractivity contribution >= 4 is 29.3 Å². The Bertz CT molecular complexity index is 837. The number of amides is 3. The number of carbonyl (C=O) groups excluding carboxylic acids is 3. The molecule has 1 aromatic carbocycles. The molecule has 3 aliphatic rings. The van der Waals surface area contributed by atoms with Crippen LogP contribution >= 0.6 is 11.6 Å². The first-order valence-corrected chi connectivity index (χ1v) is 11.1. The van der Waals surface area contributed by atoms with Crippen molar-refractivity contribution < 1.29 is 18.8 Å². The molecule has 2 saturated heterocycles. The van der Waals surface area contributed by atoms with E-state index in [1.165, 1.54) is 31.0 Å². The number of nitrogens with zero attached hydrogens (tertiary/aromatic N) is 2. The lowest BCUT2D eigenvalue weighted by Crippen LogP contribution is -2.42. The number of benzene rings is 1. The van der Waals surface area contributed by atoms with Gasteiger partial charge in [0.15, 0.2) is 0 Å². The second-order valence-corrected chi connectivity index (χ2v) is 9.18. The van der Waals surface area contributed by atoms with Gasteiger partial charge in [0.25, 0.3) is 5.91 Å². The van der Waals surface area contributed by atoms with Crippen LogP contribution in [0.4, 0.5) is 4.39 Å². The molecule has 6 nitrogen and oxygen atoms in total. The van der Waals surface area contributed by atoms with Crippen molar-refractivity contribution in [1.29, 1.82) is 0 Å². The van der Waals surface area contributed by atoms with Crippen LogP contribution in [0.15, 0.2) is 18.2 Å². The number of hydrogen-bond acceptors (Lipinski definition) is 3. The first-order valence-electron chi connectivity index (χ1n) is 10.7. The number of likely N-dealkylation sites (tertiary alicyclic amines) is 2. The predicted octanol–water partition coefficient (Wildman–Crippen LogP) is 2.71. The zero-order valence-electron chi connectivity index (χ0n) is 16.9. The summed E-state index contributed by atoms with van der Waals surface area (Å²) in [7, 11) is 0. The van der Waals surface area contributed by atoms with Crippen molar-refractivity contribution in [3.05, 3.63) is 34.6 Å². The van der Waals surface area contributed by atoms with Crippen molar-refractivity contribution in [3.63, 3.8) is 0 Å². The van der Waals surface area contributed by atoms with E-state index in [-0.39, 0.29) is 41.5 Å². The highest BCUT2D eigenvalue weighted by molar-refractivity contribution is 6.31. The highest BCUT2D eigenvalue weighted by atomic mass is 35.5. The number of piperidine rings is 1. The van der Waals surface area contributed by atoms with Gasteiger partial charge in [-0.25, -0.2) is 4.39 Å². The lowest BCUT2D eigenvalue weighted by atomic mass is 9.95. The van der Waals surface area contributed by atoms with E-state index in [9.17, 15) is 18.8 Å². The summed E-state index contributed by atoms with van der Waals surface area (Å²) >= 11 is 5.90. The number of hydrogen-bond donors (Lipinski definition) is 1. The molecule has 30 heavy (non-hydrogen) atoms. The predicted molar refractivity (Wildman–Crippen MR) is 110 cm³/mol. The van der Waals surface area contributed by atoms with Crippen molar-refractivity contribution in [2.75, 3.05) is 32.7 Å². The molecule has 1 N–H and O–H groups in total. The molecular weight excluding hydrogens is 409 g/mol. The maximum Gasteiger partial charge on any atom is 0.256 e. The van der Waals surface area contributed by atoms with E-state index < -0.39 is 5.82 Å². The monoisotopic (exact) mass is 435 g/mol. The van der Waals surface area contributed by atoms with Gasteiger partial charge in [0.1, 0.15) is 5.82 Å². The maximum absolute atomic E-state index is 14.0. The minimum Gasteiger partial charge on any atom is -0.356 e. The van der Waals surface area contributed by atoms with Crippen LogP contribution in [0.1, 0.15) is 42.5 Å². The fourth-order valence-electron chi connectivity index (χ4n) is 4.30. The Morgan fingerprint density at radius 2 is 1.87 bits per heavy atom. The lowest BCUT2D eigenvalue weighted by molar-refractivity contribution is -0.129. The van der Waals surface area contributed by atoms with Gasteiger partial charge < -0.3 is 15.1 Å². The van der Waals surface area contributed by atoms with E-state index in [0.717, 1.165) is 19.4 Å². The van der Waals surface area contributed by atoms with Crippen molar-refractivity contribution in [2.45, 2.75) is 32.1 Å². The molecule has 1 saturated carbocycles. The molecule has 3 amide bonds. The molecule has 1 unspecified atom stereocenters.